The van der Waals surface area contributed by atoms with E-state index in [0.29, 0.717) is 11.8 Å². The second kappa shape index (κ2) is 6.30. The molecule has 6 heteroatoms. The standard InChI is InChI=1S/C21H22N4O2/c26-18-5-3-15(4-6-18)17-13-20-19(7-8-22-25(20)14-17)23-9-11-24(12-10-23)21(27)16-1-2-16/h3-8,13-14,16,26H,1-2,9-12H2. The summed E-state index contributed by atoms with van der Waals surface area (Å²) < 4.78 is 1.90. The fourth-order valence-corrected chi connectivity index (χ4v) is 3.84. The minimum atomic E-state index is 0.264. The molecule has 2 aliphatic rings. The number of hydrogen-bond donors (Lipinski definition) is 1. The lowest BCUT2D eigenvalue weighted by atomic mass is 10.1. The molecule has 6 nitrogen and oxygen atoms in total. The highest BCUT2D eigenvalue weighted by Gasteiger charge is 2.34. The first-order chi connectivity index (χ1) is 13.2. The predicted molar refractivity (Wildman–Crippen MR) is 104 cm³/mol. The summed E-state index contributed by atoms with van der Waals surface area (Å²) in [6.07, 6.45) is 5.96. The zero-order valence-corrected chi connectivity index (χ0v) is 15.1. The van der Waals surface area contributed by atoms with Crippen molar-refractivity contribution in [3.63, 3.8) is 0 Å². The van der Waals surface area contributed by atoms with Gasteiger partial charge in [-0.25, -0.2) is 4.52 Å². The van der Waals surface area contributed by atoms with Crippen LogP contribution in [0.25, 0.3) is 16.6 Å². The number of phenols is 1. The minimum Gasteiger partial charge on any atom is -0.508 e. The van der Waals surface area contributed by atoms with E-state index in [1.807, 2.05) is 40.0 Å². The average molecular weight is 362 g/mol. The van der Waals surface area contributed by atoms with Gasteiger partial charge in [-0.15, -0.1) is 0 Å². The number of phenolic OH excluding ortho intramolecular Hbond substituents is 1. The lowest BCUT2D eigenvalue weighted by molar-refractivity contribution is -0.132. The van der Waals surface area contributed by atoms with Gasteiger partial charge in [-0.2, -0.15) is 5.10 Å². The van der Waals surface area contributed by atoms with Crippen molar-refractivity contribution in [2.75, 3.05) is 31.1 Å². The number of fused-ring (bicyclic) bond motifs is 1. The molecule has 0 atom stereocenters. The monoisotopic (exact) mass is 362 g/mol. The number of piperazine rings is 1. The SMILES string of the molecule is O=C(C1CC1)N1CCN(c2ccnn3cc(-c4ccc(O)cc4)cc23)CC1. The minimum absolute atomic E-state index is 0.264. The van der Waals surface area contributed by atoms with Crippen LogP contribution >= 0.6 is 0 Å². The second-order valence-electron chi connectivity index (χ2n) is 7.41. The van der Waals surface area contributed by atoms with E-state index < -0.39 is 0 Å². The summed E-state index contributed by atoms with van der Waals surface area (Å²) in [4.78, 5) is 16.6. The Bertz CT molecular complexity index is 983. The van der Waals surface area contributed by atoms with Gasteiger partial charge in [0.2, 0.25) is 5.91 Å². The highest BCUT2D eigenvalue weighted by Crippen LogP contribution is 2.32. The molecule has 0 spiro atoms. The molecule has 0 bridgehead atoms. The van der Waals surface area contributed by atoms with E-state index in [1.54, 1.807) is 12.1 Å². The number of amides is 1. The molecule has 1 amide bonds. The van der Waals surface area contributed by atoms with E-state index in [0.717, 1.165) is 61.4 Å². The van der Waals surface area contributed by atoms with Crippen molar-refractivity contribution in [1.29, 1.82) is 0 Å². The number of anilines is 1. The lowest BCUT2D eigenvalue weighted by Crippen LogP contribution is -2.49. The van der Waals surface area contributed by atoms with Crippen LogP contribution in [-0.4, -0.2) is 51.7 Å². The molecule has 1 saturated heterocycles. The van der Waals surface area contributed by atoms with E-state index in [9.17, 15) is 9.90 Å². The maximum atomic E-state index is 12.3. The summed E-state index contributed by atoms with van der Waals surface area (Å²) in [6, 6.07) is 11.4. The van der Waals surface area contributed by atoms with Crippen molar-refractivity contribution >= 4 is 17.1 Å². The largest absolute Gasteiger partial charge is 0.508 e. The maximum Gasteiger partial charge on any atom is 0.225 e. The van der Waals surface area contributed by atoms with E-state index in [-0.39, 0.29) is 5.75 Å². The first kappa shape index (κ1) is 16.2. The van der Waals surface area contributed by atoms with Crippen LogP contribution in [-0.2, 0) is 4.79 Å². The summed E-state index contributed by atoms with van der Waals surface area (Å²) in [5, 5.41) is 14.0. The molecule has 1 aliphatic heterocycles. The van der Waals surface area contributed by atoms with E-state index >= 15 is 0 Å². The average Bonchev–Trinajstić information content (AvgIpc) is 3.46. The Labute approximate surface area is 157 Å². The van der Waals surface area contributed by atoms with E-state index in [1.165, 1.54) is 0 Å². The summed E-state index contributed by atoms with van der Waals surface area (Å²) in [6.45, 7) is 3.26. The predicted octanol–water partition coefficient (Wildman–Crippen LogP) is 2.77. The van der Waals surface area contributed by atoms with Crippen LogP contribution in [0.4, 0.5) is 5.69 Å². The normalized spacial score (nSPS) is 17.5. The van der Waals surface area contributed by atoms with Crippen molar-refractivity contribution in [1.82, 2.24) is 14.5 Å². The molecule has 2 fully saturated rings. The number of benzene rings is 1. The summed E-state index contributed by atoms with van der Waals surface area (Å²) in [5.41, 5.74) is 4.32. The van der Waals surface area contributed by atoms with Crippen molar-refractivity contribution in [3.05, 3.63) is 48.8 Å². The highest BCUT2D eigenvalue weighted by atomic mass is 16.3. The number of hydrogen-bond acceptors (Lipinski definition) is 4. The topological polar surface area (TPSA) is 61.1 Å². The molecule has 1 aliphatic carbocycles. The van der Waals surface area contributed by atoms with Crippen LogP contribution in [0.3, 0.4) is 0 Å². The fourth-order valence-electron chi connectivity index (χ4n) is 3.84. The van der Waals surface area contributed by atoms with Gasteiger partial charge in [0.1, 0.15) is 5.75 Å². The highest BCUT2D eigenvalue weighted by molar-refractivity contribution is 5.82. The van der Waals surface area contributed by atoms with Crippen LogP contribution in [0.1, 0.15) is 12.8 Å². The lowest BCUT2D eigenvalue weighted by Gasteiger charge is -2.36. The van der Waals surface area contributed by atoms with Crippen LogP contribution in [0.15, 0.2) is 48.8 Å². The van der Waals surface area contributed by atoms with Gasteiger partial charge < -0.3 is 14.9 Å². The second-order valence-corrected chi connectivity index (χ2v) is 7.41. The molecular weight excluding hydrogens is 340 g/mol. The Kier molecular flexibility index (Phi) is 3.77. The van der Waals surface area contributed by atoms with Crippen LogP contribution < -0.4 is 4.90 Å². The van der Waals surface area contributed by atoms with Gasteiger partial charge >= 0.3 is 0 Å². The van der Waals surface area contributed by atoms with Crippen molar-refractivity contribution in [3.8, 4) is 16.9 Å². The molecule has 3 aromatic rings. The van der Waals surface area contributed by atoms with Crippen LogP contribution in [0.2, 0.25) is 0 Å². The van der Waals surface area contributed by atoms with Gasteiger partial charge in [0, 0.05) is 50.1 Å². The molecular formula is C21H22N4O2. The summed E-state index contributed by atoms with van der Waals surface area (Å²) in [5.74, 6) is 0.898. The number of carbonyl (C=O) groups is 1. The molecule has 1 saturated carbocycles. The van der Waals surface area contributed by atoms with Crippen molar-refractivity contribution < 1.29 is 9.90 Å². The zero-order valence-electron chi connectivity index (χ0n) is 15.1. The van der Waals surface area contributed by atoms with Gasteiger partial charge in [0.25, 0.3) is 0 Å². The first-order valence-electron chi connectivity index (χ1n) is 9.49. The quantitative estimate of drug-likeness (QED) is 0.778. The van der Waals surface area contributed by atoms with Crippen LogP contribution in [0.5, 0.6) is 5.75 Å². The molecule has 0 radical (unpaired) electrons. The number of aromatic hydroxyl groups is 1. The number of aromatic nitrogens is 2. The number of nitrogens with zero attached hydrogens (tertiary/aromatic N) is 4. The van der Waals surface area contributed by atoms with E-state index in [2.05, 4.69) is 16.1 Å². The third-order valence-electron chi connectivity index (χ3n) is 5.55. The molecule has 3 heterocycles. The van der Waals surface area contributed by atoms with Gasteiger partial charge in [0.05, 0.1) is 11.2 Å². The Morgan fingerprint density at radius 3 is 2.44 bits per heavy atom. The van der Waals surface area contributed by atoms with Gasteiger partial charge in [-0.3, -0.25) is 4.79 Å². The third-order valence-corrected chi connectivity index (χ3v) is 5.55. The summed E-state index contributed by atoms with van der Waals surface area (Å²) in [7, 11) is 0. The number of carbonyl (C=O) groups excluding carboxylic acids is 1. The fraction of sp³-hybridized carbons (Fsp3) is 0.333. The Morgan fingerprint density at radius 1 is 1.00 bits per heavy atom. The Morgan fingerprint density at radius 2 is 1.74 bits per heavy atom. The Hall–Kier alpha value is -3.02. The summed E-state index contributed by atoms with van der Waals surface area (Å²) >= 11 is 0. The molecule has 0 unspecified atom stereocenters. The van der Waals surface area contributed by atoms with Crippen molar-refractivity contribution in [2.24, 2.45) is 5.92 Å². The maximum absolute atomic E-state index is 12.3. The van der Waals surface area contributed by atoms with Crippen molar-refractivity contribution in [2.45, 2.75) is 12.8 Å². The molecule has 1 aromatic carbocycles. The van der Waals surface area contributed by atoms with Crippen LogP contribution in [0, 0.1) is 5.92 Å². The van der Waals surface area contributed by atoms with Gasteiger partial charge in [-0.1, -0.05) is 12.1 Å². The molecule has 1 N–H and O–H groups in total. The van der Waals surface area contributed by atoms with Gasteiger partial charge in [0.15, 0.2) is 0 Å². The molecule has 138 valence electrons. The zero-order chi connectivity index (χ0) is 18.4. The third kappa shape index (κ3) is 3.01. The van der Waals surface area contributed by atoms with E-state index in [4.69, 9.17) is 0 Å². The molecule has 2 aromatic heterocycles. The molecule has 27 heavy (non-hydrogen) atoms. The first-order valence-corrected chi connectivity index (χ1v) is 9.49. The smallest absolute Gasteiger partial charge is 0.225 e. The molecule has 5 rings (SSSR count). The van der Waals surface area contributed by atoms with Gasteiger partial charge in [-0.05, 0) is 42.7 Å². The number of rotatable bonds is 3. The Balaban J connectivity index is 1.40.